The van der Waals surface area contributed by atoms with Crippen molar-refractivity contribution in [1.29, 1.82) is 0 Å². The third kappa shape index (κ3) is 4.11. The Bertz CT molecular complexity index is 1010. The first-order valence-electron chi connectivity index (χ1n) is 8.90. The van der Waals surface area contributed by atoms with Gasteiger partial charge in [0.15, 0.2) is 6.61 Å². The van der Waals surface area contributed by atoms with E-state index in [2.05, 4.69) is 5.32 Å². The molecule has 0 fully saturated rings. The van der Waals surface area contributed by atoms with Crippen molar-refractivity contribution in [3.8, 4) is 11.5 Å². The zero-order valence-electron chi connectivity index (χ0n) is 15.4. The van der Waals surface area contributed by atoms with Crippen LogP contribution >= 0.6 is 0 Å². The molecule has 6 nitrogen and oxygen atoms in total. The summed E-state index contributed by atoms with van der Waals surface area (Å²) >= 11 is 0. The van der Waals surface area contributed by atoms with E-state index >= 15 is 0 Å². The van der Waals surface area contributed by atoms with E-state index in [0.717, 1.165) is 0 Å². The number of carbonyl (C=O) groups excluding carboxylic acids is 1. The molecule has 0 atom stereocenters. The maximum atomic E-state index is 12.4. The van der Waals surface area contributed by atoms with Gasteiger partial charge in [0.1, 0.15) is 11.5 Å². The molecular weight excluding hydrogens is 344 g/mol. The molecule has 140 valence electrons. The maximum absolute atomic E-state index is 12.4. The van der Waals surface area contributed by atoms with Crippen LogP contribution in [-0.2, 0) is 11.3 Å². The summed E-state index contributed by atoms with van der Waals surface area (Å²) in [5.41, 5.74) is 0.521. The summed E-state index contributed by atoms with van der Waals surface area (Å²) in [5, 5.41) is 4.05. The van der Waals surface area contributed by atoms with Crippen molar-refractivity contribution in [3.63, 3.8) is 0 Å². The van der Waals surface area contributed by atoms with Gasteiger partial charge in [-0.05, 0) is 44.2 Å². The van der Waals surface area contributed by atoms with Crippen LogP contribution in [0.25, 0.3) is 10.8 Å². The summed E-state index contributed by atoms with van der Waals surface area (Å²) in [6, 6.07) is 14.3. The van der Waals surface area contributed by atoms with Crippen LogP contribution < -0.4 is 20.3 Å². The van der Waals surface area contributed by atoms with E-state index in [1.54, 1.807) is 41.1 Å². The van der Waals surface area contributed by atoms with E-state index in [1.807, 2.05) is 32.0 Å². The number of nitrogens with one attached hydrogen (secondary N) is 1. The number of pyridine rings is 1. The quantitative estimate of drug-likeness (QED) is 0.695. The van der Waals surface area contributed by atoms with Crippen molar-refractivity contribution in [1.82, 2.24) is 4.57 Å². The molecule has 1 N–H and O–H groups in total. The average Bonchev–Trinajstić information content (AvgIpc) is 2.68. The van der Waals surface area contributed by atoms with Crippen LogP contribution in [0.2, 0.25) is 0 Å². The Morgan fingerprint density at radius 3 is 2.52 bits per heavy atom. The number of anilines is 1. The Morgan fingerprint density at radius 2 is 1.74 bits per heavy atom. The third-order valence-electron chi connectivity index (χ3n) is 4.14. The zero-order chi connectivity index (χ0) is 19.2. The number of aromatic nitrogens is 1. The molecule has 0 bridgehead atoms. The molecule has 0 spiro atoms. The number of benzene rings is 2. The summed E-state index contributed by atoms with van der Waals surface area (Å²) in [6.07, 6.45) is 1.73. The SMILES string of the molecule is CCOc1ccccc1NC(=O)COc1cccc2c(=O)n(CC)ccc12. The molecule has 0 aliphatic heterocycles. The second-order valence-corrected chi connectivity index (χ2v) is 5.89. The Balaban J connectivity index is 1.75. The Morgan fingerprint density at radius 1 is 0.963 bits per heavy atom. The number of hydrogen-bond donors (Lipinski definition) is 1. The van der Waals surface area contributed by atoms with Gasteiger partial charge in [0.2, 0.25) is 0 Å². The molecule has 1 aromatic heterocycles. The highest BCUT2D eigenvalue weighted by Crippen LogP contribution is 2.25. The number of nitrogens with zero attached hydrogens (tertiary/aromatic N) is 1. The summed E-state index contributed by atoms with van der Waals surface area (Å²) in [4.78, 5) is 24.7. The summed E-state index contributed by atoms with van der Waals surface area (Å²) in [5.74, 6) is 0.806. The van der Waals surface area contributed by atoms with Gasteiger partial charge < -0.3 is 19.4 Å². The Labute approximate surface area is 157 Å². The highest BCUT2D eigenvalue weighted by Gasteiger charge is 2.11. The lowest BCUT2D eigenvalue weighted by Crippen LogP contribution is -2.21. The lowest BCUT2D eigenvalue weighted by atomic mass is 10.1. The van der Waals surface area contributed by atoms with Crippen LogP contribution in [0, 0.1) is 0 Å². The van der Waals surface area contributed by atoms with E-state index in [4.69, 9.17) is 9.47 Å². The lowest BCUT2D eigenvalue weighted by molar-refractivity contribution is -0.118. The Kier molecular flexibility index (Phi) is 5.76. The fourth-order valence-electron chi connectivity index (χ4n) is 2.85. The third-order valence-corrected chi connectivity index (χ3v) is 4.14. The van der Waals surface area contributed by atoms with Crippen LogP contribution in [0.1, 0.15) is 13.8 Å². The van der Waals surface area contributed by atoms with E-state index in [1.165, 1.54) is 0 Å². The number of para-hydroxylation sites is 2. The molecule has 1 heterocycles. The van der Waals surface area contributed by atoms with Gasteiger partial charge in [-0.15, -0.1) is 0 Å². The lowest BCUT2D eigenvalue weighted by Gasteiger charge is -2.13. The van der Waals surface area contributed by atoms with Gasteiger partial charge in [-0.2, -0.15) is 0 Å². The highest BCUT2D eigenvalue weighted by atomic mass is 16.5. The van der Waals surface area contributed by atoms with Gasteiger partial charge in [-0.3, -0.25) is 9.59 Å². The molecule has 0 aliphatic carbocycles. The largest absolute Gasteiger partial charge is 0.492 e. The first-order valence-corrected chi connectivity index (χ1v) is 8.90. The topological polar surface area (TPSA) is 69.6 Å². The van der Waals surface area contributed by atoms with Crippen LogP contribution in [0.3, 0.4) is 0 Å². The van der Waals surface area contributed by atoms with Crippen molar-refractivity contribution < 1.29 is 14.3 Å². The average molecular weight is 366 g/mol. The van der Waals surface area contributed by atoms with Crippen molar-refractivity contribution in [2.75, 3.05) is 18.5 Å². The van der Waals surface area contributed by atoms with Gasteiger partial charge in [-0.25, -0.2) is 0 Å². The Hall–Kier alpha value is -3.28. The van der Waals surface area contributed by atoms with Gasteiger partial charge in [-0.1, -0.05) is 18.2 Å². The number of amides is 1. The van der Waals surface area contributed by atoms with Crippen LogP contribution in [0.15, 0.2) is 59.5 Å². The molecule has 1 amide bonds. The highest BCUT2D eigenvalue weighted by molar-refractivity contribution is 5.94. The smallest absolute Gasteiger partial charge is 0.262 e. The summed E-state index contributed by atoms with van der Waals surface area (Å²) < 4.78 is 12.8. The van der Waals surface area contributed by atoms with E-state index in [-0.39, 0.29) is 18.1 Å². The first-order chi connectivity index (χ1) is 13.1. The monoisotopic (exact) mass is 366 g/mol. The molecule has 6 heteroatoms. The fourth-order valence-corrected chi connectivity index (χ4v) is 2.85. The van der Waals surface area contributed by atoms with E-state index < -0.39 is 0 Å². The van der Waals surface area contributed by atoms with Crippen molar-refractivity contribution in [2.45, 2.75) is 20.4 Å². The van der Waals surface area contributed by atoms with E-state index in [9.17, 15) is 9.59 Å². The number of rotatable bonds is 7. The van der Waals surface area contributed by atoms with Gasteiger partial charge >= 0.3 is 0 Å². The van der Waals surface area contributed by atoms with E-state index in [0.29, 0.717) is 41.1 Å². The molecular formula is C21H22N2O4. The molecule has 3 rings (SSSR count). The predicted molar refractivity (Wildman–Crippen MR) is 106 cm³/mol. The number of fused-ring (bicyclic) bond motifs is 1. The van der Waals surface area contributed by atoms with Crippen LogP contribution in [0.4, 0.5) is 5.69 Å². The normalized spacial score (nSPS) is 10.6. The molecule has 2 aromatic carbocycles. The molecule has 0 saturated heterocycles. The van der Waals surface area contributed by atoms with Crippen LogP contribution in [-0.4, -0.2) is 23.7 Å². The fraction of sp³-hybridized carbons (Fsp3) is 0.238. The minimum absolute atomic E-state index is 0.0736. The molecule has 0 unspecified atom stereocenters. The van der Waals surface area contributed by atoms with Crippen molar-refractivity contribution in [2.24, 2.45) is 0 Å². The molecule has 0 radical (unpaired) electrons. The summed E-state index contributed by atoms with van der Waals surface area (Å²) in [6.45, 7) is 4.74. The number of ether oxygens (including phenoxy) is 2. The first kappa shape index (κ1) is 18.5. The van der Waals surface area contributed by atoms with Gasteiger partial charge in [0.25, 0.3) is 11.5 Å². The minimum Gasteiger partial charge on any atom is -0.492 e. The molecule has 0 saturated carbocycles. The van der Waals surface area contributed by atoms with Crippen molar-refractivity contribution >= 4 is 22.4 Å². The standard InChI is InChI=1S/C21H22N2O4/c1-3-23-13-12-15-16(21(23)25)8-7-11-18(15)27-14-20(24)22-17-9-5-6-10-19(17)26-4-2/h5-13H,3-4,14H2,1-2H3,(H,22,24). The van der Waals surface area contributed by atoms with Crippen molar-refractivity contribution in [3.05, 3.63) is 65.1 Å². The predicted octanol–water partition coefficient (Wildman–Crippen LogP) is 3.44. The number of carbonyl (C=O) groups is 1. The summed E-state index contributed by atoms with van der Waals surface area (Å²) in [7, 11) is 0. The molecule has 0 aliphatic rings. The number of hydrogen-bond acceptors (Lipinski definition) is 4. The maximum Gasteiger partial charge on any atom is 0.262 e. The zero-order valence-corrected chi connectivity index (χ0v) is 15.4. The van der Waals surface area contributed by atoms with Crippen LogP contribution in [0.5, 0.6) is 11.5 Å². The molecule has 3 aromatic rings. The molecule has 27 heavy (non-hydrogen) atoms. The van der Waals surface area contributed by atoms with Gasteiger partial charge in [0.05, 0.1) is 17.7 Å². The number of aryl methyl sites for hydroxylation is 1. The second kappa shape index (κ2) is 8.40. The second-order valence-electron chi connectivity index (χ2n) is 5.89. The minimum atomic E-state index is -0.305. The van der Waals surface area contributed by atoms with Gasteiger partial charge in [0, 0.05) is 18.1 Å².